The average molecular weight is 303 g/mol. The van der Waals surface area contributed by atoms with Gasteiger partial charge in [-0.2, -0.15) is 5.10 Å². The molecule has 3 rings (SSSR count). The highest BCUT2D eigenvalue weighted by Crippen LogP contribution is 2.35. The van der Waals surface area contributed by atoms with Crippen molar-refractivity contribution in [3.05, 3.63) is 17.7 Å². The highest BCUT2D eigenvalue weighted by Gasteiger charge is 2.43. The summed E-state index contributed by atoms with van der Waals surface area (Å²) in [6, 6.07) is 0. The number of aromatic nitrogens is 6. The second kappa shape index (κ2) is 5.51. The van der Waals surface area contributed by atoms with Gasteiger partial charge in [0.05, 0.1) is 17.1 Å². The number of carbonyl (C=O) groups excluding carboxylic acids is 1. The summed E-state index contributed by atoms with van der Waals surface area (Å²) in [5.74, 6) is -0.0568. The number of hydrogen-bond acceptors (Lipinski definition) is 5. The van der Waals surface area contributed by atoms with Crippen molar-refractivity contribution in [2.45, 2.75) is 51.5 Å². The third-order valence-electron chi connectivity index (χ3n) is 4.64. The largest absolute Gasteiger partial charge is 0.321 e. The monoisotopic (exact) mass is 303 g/mol. The number of amides is 1. The van der Waals surface area contributed by atoms with Crippen molar-refractivity contribution in [1.82, 2.24) is 30.0 Å². The van der Waals surface area contributed by atoms with Gasteiger partial charge in [0.1, 0.15) is 11.9 Å². The molecule has 1 saturated carbocycles. The first-order valence-electron chi connectivity index (χ1n) is 7.60. The maximum atomic E-state index is 13.0. The van der Waals surface area contributed by atoms with Crippen molar-refractivity contribution in [2.75, 3.05) is 5.32 Å². The van der Waals surface area contributed by atoms with E-state index in [1.165, 1.54) is 6.33 Å². The molecule has 1 aliphatic carbocycles. The van der Waals surface area contributed by atoms with E-state index in [4.69, 9.17) is 0 Å². The van der Waals surface area contributed by atoms with Crippen LogP contribution < -0.4 is 5.32 Å². The number of nitrogens with one attached hydrogen (secondary N) is 1. The van der Waals surface area contributed by atoms with Gasteiger partial charge in [-0.1, -0.05) is 19.3 Å². The minimum Gasteiger partial charge on any atom is -0.321 e. The van der Waals surface area contributed by atoms with Crippen LogP contribution in [0.2, 0.25) is 0 Å². The fourth-order valence-corrected chi connectivity index (χ4v) is 3.24. The van der Waals surface area contributed by atoms with Crippen LogP contribution in [0.3, 0.4) is 0 Å². The van der Waals surface area contributed by atoms with Crippen molar-refractivity contribution >= 4 is 11.6 Å². The van der Waals surface area contributed by atoms with E-state index in [9.17, 15) is 4.79 Å². The Kier molecular flexibility index (Phi) is 3.67. The Morgan fingerprint density at radius 3 is 2.55 bits per heavy atom. The first-order chi connectivity index (χ1) is 10.5. The zero-order valence-corrected chi connectivity index (χ0v) is 13.2. The zero-order chi connectivity index (χ0) is 15.7. The topological polar surface area (TPSA) is 90.5 Å². The first-order valence-corrected chi connectivity index (χ1v) is 7.60. The van der Waals surface area contributed by atoms with Crippen LogP contribution in [-0.2, 0) is 17.4 Å². The lowest BCUT2D eigenvalue weighted by molar-refractivity contribution is -0.126. The van der Waals surface area contributed by atoms with Crippen molar-refractivity contribution in [3.8, 4) is 0 Å². The van der Waals surface area contributed by atoms with E-state index < -0.39 is 5.54 Å². The molecule has 8 heteroatoms. The number of carbonyl (C=O) groups is 1. The lowest BCUT2D eigenvalue weighted by atomic mass is 9.81. The van der Waals surface area contributed by atoms with Crippen molar-refractivity contribution in [2.24, 2.45) is 7.05 Å². The van der Waals surface area contributed by atoms with Gasteiger partial charge < -0.3 is 5.32 Å². The zero-order valence-electron chi connectivity index (χ0n) is 13.2. The Morgan fingerprint density at radius 2 is 2.00 bits per heavy atom. The van der Waals surface area contributed by atoms with Crippen LogP contribution in [0, 0.1) is 13.8 Å². The molecule has 1 N–H and O–H groups in total. The second-order valence-electron chi connectivity index (χ2n) is 5.97. The number of tetrazole rings is 1. The maximum Gasteiger partial charge on any atom is 0.252 e. The highest BCUT2D eigenvalue weighted by atomic mass is 16.2. The molecule has 0 radical (unpaired) electrons. The van der Waals surface area contributed by atoms with E-state index in [-0.39, 0.29) is 5.91 Å². The van der Waals surface area contributed by atoms with Crippen molar-refractivity contribution in [3.63, 3.8) is 0 Å². The summed E-state index contributed by atoms with van der Waals surface area (Å²) in [5.41, 5.74) is 1.84. The van der Waals surface area contributed by atoms with Gasteiger partial charge in [0, 0.05) is 7.05 Å². The number of nitrogens with zero attached hydrogens (tertiary/aromatic N) is 6. The van der Waals surface area contributed by atoms with Crippen LogP contribution in [-0.4, -0.2) is 35.9 Å². The molecule has 1 aliphatic rings. The van der Waals surface area contributed by atoms with Crippen LogP contribution >= 0.6 is 0 Å². The summed E-state index contributed by atoms with van der Waals surface area (Å²) in [6.45, 7) is 3.84. The third-order valence-corrected chi connectivity index (χ3v) is 4.64. The molecule has 1 fully saturated rings. The predicted octanol–water partition coefficient (Wildman–Crippen LogP) is 1.32. The molecule has 2 aromatic rings. The minimum atomic E-state index is -0.698. The van der Waals surface area contributed by atoms with Crippen LogP contribution in [0.25, 0.3) is 0 Å². The number of aryl methyl sites for hydroxylation is 2. The van der Waals surface area contributed by atoms with E-state index in [0.29, 0.717) is 0 Å². The number of anilines is 1. The average Bonchev–Trinajstić information content (AvgIpc) is 3.13. The van der Waals surface area contributed by atoms with Gasteiger partial charge in [0.2, 0.25) is 0 Å². The Hall–Kier alpha value is -2.25. The second-order valence-corrected chi connectivity index (χ2v) is 5.97. The Labute approximate surface area is 128 Å². The standard InChI is InChI=1S/C14H21N7O/c1-10-12(11(2)20(3)17-10)16-13(22)14(7-5-4-6-8-14)21-9-15-18-19-21/h9H,4-8H2,1-3H3,(H,16,22). The van der Waals surface area contributed by atoms with Gasteiger partial charge in [0.25, 0.3) is 5.91 Å². The van der Waals surface area contributed by atoms with Gasteiger partial charge in [-0.3, -0.25) is 9.48 Å². The lowest BCUT2D eigenvalue weighted by Crippen LogP contribution is -2.47. The Bertz CT molecular complexity index is 668. The van der Waals surface area contributed by atoms with Gasteiger partial charge in [-0.05, 0) is 37.1 Å². The molecule has 0 unspecified atom stereocenters. The van der Waals surface area contributed by atoms with Crippen molar-refractivity contribution in [1.29, 1.82) is 0 Å². The molecule has 0 aliphatic heterocycles. The summed E-state index contributed by atoms with van der Waals surface area (Å²) in [6.07, 6.45) is 6.18. The van der Waals surface area contributed by atoms with E-state index in [1.807, 2.05) is 20.9 Å². The molecule has 0 saturated heterocycles. The van der Waals surface area contributed by atoms with E-state index in [0.717, 1.165) is 49.2 Å². The summed E-state index contributed by atoms with van der Waals surface area (Å²) < 4.78 is 3.39. The van der Waals surface area contributed by atoms with Gasteiger partial charge in [-0.15, -0.1) is 5.10 Å². The molecule has 8 nitrogen and oxygen atoms in total. The summed E-state index contributed by atoms with van der Waals surface area (Å²) in [5, 5.41) is 18.8. The molecule has 2 heterocycles. The fourth-order valence-electron chi connectivity index (χ4n) is 3.24. The van der Waals surface area contributed by atoms with Crippen LogP contribution in [0.4, 0.5) is 5.69 Å². The van der Waals surface area contributed by atoms with Gasteiger partial charge in [-0.25, -0.2) is 4.68 Å². The molecule has 0 aromatic carbocycles. The molecule has 0 bridgehead atoms. The predicted molar refractivity (Wildman–Crippen MR) is 80.2 cm³/mol. The minimum absolute atomic E-state index is 0.0568. The molecule has 0 atom stereocenters. The molecular weight excluding hydrogens is 282 g/mol. The molecule has 0 spiro atoms. The summed E-state index contributed by atoms with van der Waals surface area (Å²) >= 11 is 0. The smallest absolute Gasteiger partial charge is 0.252 e. The number of rotatable bonds is 3. The van der Waals surface area contributed by atoms with E-state index in [1.54, 1.807) is 9.36 Å². The Balaban J connectivity index is 1.93. The van der Waals surface area contributed by atoms with Crippen LogP contribution in [0.1, 0.15) is 43.5 Å². The van der Waals surface area contributed by atoms with Crippen LogP contribution in [0.5, 0.6) is 0 Å². The highest BCUT2D eigenvalue weighted by molar-refractivity contribution is 5.97. The molecule has 118 valence electrons. The Morgan fingerprint density at radius 1 is 1.27 bits per heavy atom. The normalized spacial score (nSPS) is 17.4. The molecular formula is C14H21N7O. The molecule has 1 amide bonds. The lowest BCUT2D eigenvalue weighted by Gasteiger charge is -2.35. The van der Waals surface area contributed by atoms with Crippen molar-refractivity contribution < 1.29 is 4.79 Å². The fraction of sp³-hybridized carbons (Fsp3) is 0.643. The third kappa shape index (κ3) is 2.28. The van der Waals surface area contributed by atoms with E-state index in [2.05, 4.69) is 25.9 Å². The first kappa shape index (κ1) is 14.7. The van der Waals surface area contributed by atoms with E-state index >= 15 is 0 Å². The molecule has 2 aromatic heterocycles. The number of hydrogen-bond donors (Lipinski definition) is 1. The SMILES string of the molecule is Cc1nn(C)c(C)c1NC(=O)C1(n2cnnn2)CCCCC1. The van der Waals surface area contributed by atoms with Crippen LogP contribution in [0.15, 0.2) is 6.33 Å². The molecule has 22 heavy (non-hydrogen) atoms. The summed E-state index contributed by atoms with van der Waals surface area (Å²) in [7, 11) is 1.87. The van der Waals surface area contributed by atoms with Gasteiger partial charge >= 0.3 is 0 Å². The van der Waals surface area contributed by atoms with Gasteiger partial charge in [0.15, 0.2) is 0 Å². The summed E-state index contributed by atoms with van der Waals surface area (Å²) in [4.78, 5) is 13.0. The quantitative estimate of drug-likeness (QED) is 0.923. The maximum absolute atomic E-state index is 13.0.